The van der Waals surface area contributed by atoms with Crippen molar-refractivity contribution >= 4 is 17.5 Å². The van der Waals surface area contributed by atoms with Crippen LogP contribution in [-0.2, 0) is 16.8 Å². The number of carbonyl (C=O) groups is 2. The molecule has 1 saturated heterocycles. The number of benzene rings is 1. The number of nitrogens with zero attached hydrogens (tertiary/aromatic N) is 2. The lowest BCUT2D eigenvalue weighted by Crippen LogP contribution is -2.48. The van der Waals surface area contributed by atoms with E-state index in [0.29, 0.717) is 24.2 Å². The van der Waals surface area contributed by atoms with E-state index >= 15 is 0 Å². The van der Waals surface area contributed by atoms with Crippen LogP contribution in [0.1, 0.15) is 47.8 Å². The number of aliphatic hydroxyl groups excluding tert-OH is 1. The lowest BCUT2D eigenvalue weighted by molar-refractivity contribution is -0.121. The molecule has 0 radical (unpaired) electrons. The highest BCUT2D eigenvalue weighted by atomic mass is 16.3. The van der Waals surface area contributed by atoms with Gasteiger partial charge < -0.3 is 15.3 Å². The van der Waals surface area contributed by atoms with E-state index in [9.17, 15) is 14.7 Å². The van der Waals surface area contributed by atoms with Gasteiger partial charge in [0.1, 0.15) is 5.69 Å². The SMILES string of the molecule is CCC[C@@H]1N(C(=O)c2cc(CO)ccn2)CC[C@]12C(=O)Nc1ccccc12. The first-order valence-electron chi connectivity index (χ1n) is 9.39. The van der Waals surface area contributed by atoms with Gasteiger partial charge in [-0.2, -0.15) is 0 Å². The predicted molar refractivity (Wildman–Crippen MR) is 101 cm³/mol. The van der Waals surface area contributed by atoms with E-state index in [0.717, 1.165) is 24.1 Å². The van der Waals surface area contributed by atoms with Gasteiger partial charge in [-0.05, 0) is 42.2 Å². The number of rotatable bonds is 4. The molecule has 2 N–H and O–H groups in total. The van der Waals surface area contributed by atoms with E-state index in [2.05, 4.69) is 17.2 Å². The summed E-state index contributed by atoms with van der Waals surface area (Å²) in [5, 5.41) is 12.4. The minimum atomic E-state index is -0.698. The van der Waals surface area contributed by atoms with E-state index in [1.165, 1.54) is 6.20 Å². The zero-order chi connectivity index (χ0) is 19.0. The highest BCUT2D eigenvalue weighted by Crippen LogP contribution is 2.49. The fraction of sp³-hybridized carbons (Fsp3) is 0.381. The van der Waals surface area contributed by atoms with Crippen LogP contribution in [0.2, 0.25) is 0 Å². The number of carbonyl (C=O) groups excluding carboxylic acids is 2. The first-order chi connectivity index (χ1) is 13.1. The van der Waals surface area contributed by atoms with Crippen molar-refractivity contribution in [1.82, 2.24) is 9.88 Å². The van der Waals surface area contributed by atoms with Gasteiger partial charge in [0.05, 0.1) is 18.1 Å². The molecule has 6 nitrogen and oxygen atoms in total. The Morgan fingerprint density at radius 2 is 2.19 bits per heavy atom. The molecule has 140 valence electrons. The second-order valence-corrected chi connectivity index (χ2v) is 7.23. The van der Waals surface area contributed by atoms with Crippen LogP contribution in [0.4, 0.5) is 5.69 Å². The summed E-state index contributed by atoms with van der Waals surface area (Å²) in [7, 11) is 0. The molecule has 0 bridgehead atoms. The number of pyridine rings is 1. The standard InChI is InChI=1S/C21H23N3O3/c1-2-5-18-21(15-6-3-4-7-16(15)23-20(21)27)9-11-24(18)19(26)17-12-14(13-25)8-10-22-17/h3-4,6-8,10,12,18,25H,2,5,9,11,13H2,1H3,(H,23,27)/t18-,21+/m0/s1. The van der Waals surface area contributed by atoms with Crippen LogP contribution in [-0.4, -0.2) is 39.4 Å². The third-order valence-corrected chi connectivity index (χ3v) is 5.80. The Morgan fingerprint density at radius 1 is 1.37 bits per heavy atom. The highest BCUT2D eigenvalue weighted by Gasteiger charge is 2.58. The number of hydrogen-bond acceptors (Lipinski definition) is 4. The highest BCUT2D eigenvalue weighted by molar-refractivity contribution is 6.08. The smallest absolute Gasteiger partial charge is 0.272 e. The monoisotopic (exact) mass is 365 g/mol. The molecule has 1 fully saturated rings. The van der Waals surface area contributed by atoms with E-state index in [4.69, 9.17) is 0 Å². The summed E-state index contributed by atoms with van der Waals surface area (Å²) in [4.78, 5) is 32.3. The number of nitrogens with one attached hydrogen (secondary N) is 1. The van der Waals surface area contributed by atoms with Gasteiger partial charge in [0.2, 0.25) is 5.91 Å². The number of amides is 2. The molecule has 2 aromatic rings. The largest absolute Gasteiger partial charge is 0.392 e. The number of anilines is 1. The maximum absolute atomic E-state index is 13.2. The van der Waals surface area contributed by atoms with Gasteiger partial charge in [0.25, 0.3) is 5.91 Å². The molecule has 2 aliphatic rings. The van der Waals surface area contributed by atoms with Crippen molar-refractivity contribution in [2.75, 3.05) is 11.9 Å². The Bertz CT molecular complexity index is 898. The molecule has 1 spiro atoms. The fourth-order valence-electron chi connectivity index (χ4n) is 4.56. The molecule has 27 heavy (non-hydrogen) atoms. The van der Waals surface area contributed by atoms with Crippen LogP contribution in [0.25, 0.3) is 0 Å². The van der Waals surface area contributed by atoms with Gasteiger partial charge in [-0.15, -0.1) is 0 Å². The van der Waals surface area contributed by atoms with E-state index in [1.54, 1.807) is 17.0 Å². The van der Waals surface area contributed by atoms with Crippen molar-refractivity contribution < 1.29 is 14.7 Å². The summed E-state index contributed by atoms with van der Waals surface area (Å²) in [6.45, 7) is 2.44. The molecule has 0 unspecified atom stereocenters. The number of aromatic nitrogens is 1. The van der Waals surface area contributed by atoms with Crippen LogP contribution in [0.15, 0.2) is 42.6 Å². The lowest BCUT2D eigenvalue weighted by Gasteiger charge is -2.33. The zero-order valence-electron chi connectivity index (χ0n) is 15.3. The first-order valence-corrected chi connectivity index (χ1v) is 9.39. The average Bonchev–Trinajstić information content (AvgIpc) is 3.21. The fourth-order valence-corrected chi connectivity index (χ4v) is 4.56. The third kappa shape index (κ3) is 2.63. The molecular weight excluding hydrogens is 342 g/mol. The summed E-state index contributed by atoms with van der Waals surface area (Å²) in [5.41, 5.74) is 2.10. The molecule has 0 aliphatic carbocycles. The van der Waals surface area contributed by atoms with E-state index < -0.39 is 5.41 Å². The quantitative estimate of drug-likeness (QED) is 0.872. The molecule has 4 rings (SSSR count). The van der Waals surface area contributed by atoms with Crippen molar-refractivity contribution in [2.45, 2.75) is 44.2 Å². The predicted octanol–water partition coefficient (Wildman–Crippen LogP) is 2.48. The van der Waals surface area contributed by atoms with Crippen molar-refractivity contribution in [3.05, 3.63) is 59.4 Å². The molecule has 2 aliphatic heterocycles. The lowest BCUT2D eigenvalue weighted by atomic mass is 9.73. The molecule has 1 aromatic heterocycles. The molecule has 1 aromatic carbocycles. The van der Waals surface area contributed by atoms with Crippen LogP contribution in [0.5, 0.6) is 0 Å². The topological polar surface area (TPSA) is 82.5 Å². The minimum Gasteiger partial charge on any atom is -0.392 e. The van der Waals surface area contributed by atoms with Gasteiger partial charge in [-0.25, -0.2) is 0 Å². The van der Waals surface area contributed by atoms with Gasteiger partial charge >= 0.3 is 0 Å². The van der Waals surface area contributed by atoms with Crippen LogP contribution >= 0.6 is 0 Å². The summed E-state index contributed by atoms with van der Waals surface area (Å²) >= 11 is 0. The maximum Gasteiger partial charge on any atom is 0.272 e. The maximum atomic E-state index is 13.2. The van der Waals surface area contributed by atoms with Gasteiger partial charge in [-0.3, -0.25) is 14.6 Å². The third-order valence-electron chi connectivity index (χ3n) is 5.80. The van der Waals surface area contributed by atoms with Crippen LogP contribution in [0, 0.1) is 0 Å². The summed E-state index contributed by atoms with van der Waals surface area (Å²) in [5.74, 6) is -0.202. The van der Waals surface area contributed by atoms with Crippen molar-refractivity contribution in [1.29, 1.82) is 0 Å². The number of likely N-dealkylation sites (tertiary alicyclic amines) is 1. The van der Waals surface area contributed by atoms with E-state index in [1.807, 2.05) is 24.3 Å². The minimum absolute atomic E-state index is 0.0190. The average molecular weight is 365 g/mol. The molecular formula is C21H23N3O3. The summed E-state index contributed by atoms with van der Waals surface area (Å²) in [6, 6.07) is 10.9. The van der Waals surface area contributed by atoms with Gasteiger partial charge in [-0.1, -0.05) is 31.5 Å². The van der Waals surface area contributed by atoms with Gasteiger partial charge in [0, 0.05) is 18.4 Å². The summed E-state index contributed by atoms with van der Waals surface area (Å²) < 4.78 is 0. The number of para-hydroxylation sites is 1. The van der Waals surface area contributed by atoms with Crippen molar-refractivity contribution in [3.8, 4) is 0 Å². The van der Waals surface area contributed by atoms with Crippen molar-refractivity contribution in [3.63, 3.8) is 0 Å². The normalized spacial score (nSPS) is 23.6. The number of fused-ring (bicyclic) bond motifs is 2. The van der Waals surface area contributed by atoms with E-state index in [-0.39, 0.29) is 24.5 Å². The molecule has 0 saturated carbocycles. The molecule has 3 heterocycles. The van der Waals surface area contributed by atoms with Gasteiger partial charge in [0.15, 0.2) is 0 Å². The molecule has 6 heteroatoms. The first kappa shape index (κ1) is 17.7. The zero-order valence-corrected chi connectivity index (χ0v) is 15.3. The second kappa shape index (κ2) is 6.78. The van der Waals surface area contributed by atoms with Crippen molar-refractivity contribution in [2.24, 2.45) is 0 Å². The van der Waals surface area contributed by atoms with Crippen LogP contribution in [0.3, 0.4) is 0 Å². The summed E-state index contributed by atoms with van der Waals surface area (Å²) in [6.07, 6.45) is 3.76. The number of hydrogen-bond donors (Lipinski definition) is 2. The van der Waals surface area contributed by atoms with Crippen LogP contribution < -0.4 is 5.32 Å². The Labute approximate surface area is 158 Å². The Balaban J connectivity index is 1.74. The Morgan fingerprint density at radius 3 is 2.96 bits per heavy atom. The Kier molecular flexibility index (Phi) is 4.44. The molecule has 2 amide bonds. The molecule has 2 atom stereocenters. The second-order valence-electron chi connectivity index (χ2n) is 7.23. The number of aliphatic hydroxyl groups is 1. The Hall–Kier alpha value is -2.73.